The molecule has 1 N–H and O–H groups in total. The molecular formula is C28H26Cl2FN3O2. The average Bonchev–Trinajstić information content (AvgIpc) is 2.96. The highest BCUT2D eigenvalue weighted by atomic mass is 35.5. The van der Waals surface area contributed by atoms with Gasteiger partial charge in [0, 0.05) is 26.9 Å². The Kier molecular flexibility index (Phi) is 7.76. The summed E-state index contributed by atoms with van der Waals surface area (Å²) in [6.07, 6.45) is 0.670. The zero-order chi connectivity index (χ0) is 26.0. The molecule has 3 aromatic carbocycles. The predicted octanol–water partition coefficient (Wildman–Crippen LogP) is 6.68. The maximum Gasteiger partial charge on any atom is 0.252 e. The lowest BCUT2D eigenvalue weighted by Crippen LogP contribution is -2.44. The van der Waals surface area contributed by atoms with Crippen molar-refractivity contribution in [3.05, 3.63) is 93.2 Å². The van der Waals surface area contributed by atoms with Crippen LogP contribution in [0.5, 0.6) is 0 Å². The zero-order valence-electron chi connectivity index (χ0n) is 20.2. The second-order valence-electron chi connectivity index (χ2n) is 8.83. The molecule has 36 heavy (non-hydrogen) atoms. The van der Waals surface area contributed by atoms with Gasteiger partial charge in [0.15, 0.2) is 0 Å². The maximum absolute atomic E-state index is 14.9. The number of aliphatic imine (C=N–C) groups is 1. The Morgan fingerprint density at radius 1 is 1.11 bits per heavy atom. The Morgan fingerprint density at radius 3 is 2.58 bits per heavy atom. The highest BCUT2D eigenvalue weighted by molar-refractivity contribution is 6.32. The molecular weight excluding hydrogens is 500 g/mol. The lowest BCUT2D eigenvalue weighted by Gasteiger charge is -2.27. The smallest absolute Gasteiger partial charge is 0.252 e. The monoisotopic (exact) mass is 525 g/mol. The number of carbonyl (C=O) groups excluding carboxylic acids is 2. The Morgan fingerprint density at radius 2 is 1.86 bits per heavy atom. The van der Waals surface area contributed by atoms with E-state index in [0.717, 1.165) is 5.56 Å². The van der Waals surface area contributed by atoms with Gasteiger partial charge >= 0.3 is 0 Å². The molecule has 0 spiro atoms. The molecule has 8 heteroatoms. The van der Waals surface area contributed by atoms with Crippen molar-refractivity contribution in [3.8, 4) is 0 Å². The van der Waals surface area contributed by atoms with Crippen LogP contribution in [0, 0.1) is 18.7 Å². The van der Waals surface area contributed by atoms with Crippen molar-refractivity contribution in [3.63, 3.8) is 0 Å². The molecule has 0 unspecified atom stereocenters. The van der Waals surface area contributed by atoms with Gasteiger partial charge in [0.25, 0.3) is 5.91 Å². The molecule has 2 amide bonds. The van der Waals surface area contributed by atoms with E-state index in [2.05, 4.69) is 5.32 Å². The van der Waals surface area contributed by atoms with Gasteiger partial charge in [-0.15, -0.1) is 0 Å². The molecule has 5 nitrogen and oxygen atoms in total. The van der Waals surface area contributed by atoms with Crippen molar-refractivity contribution >= 4 is 52.1 Å². The minimum Gasteiger partial charge on any atom is -0.324 e. The summed E-state index contributed by atoms with van der Waals surface area (Å²) in [5.41, 5.74) is 2.81. The van der Waals surface area contributed by atoms with E-state index < -0.39 is 17.8 Å². The van der Waals surface area contributed by atoms with E-state index in [1.165, 1.54) is 11.0 Å². The standard InChI is InChI=1S/C28H26Cl2FN3O2/c1-4-16(2)26-28(36)34(15-25(35)32-23-11-7-9-21(30)17(23)3)24-13-12-18(29)14-20(24)27(33-26)19-8-5-6-10-22(19)31/h5-14,16,26H,4,15H2,1-3H3,(H,32,35)/t16-,26-/m1/s1. The van der Waals surface area contributed by atoms with Gasteiger partial charge < -0.3 is 10.2 Å². The summed E-state index contributed by atoms with van der Waals surface area (Å²) in [6.45, 7) is 5.43. The van der Waals surface area contributed by atoms with Crippen LogP contribution in [0.2, 0.25) is 10.0 Å². The highest BCUT2D eigenvalue weighted by Gasteiger charge is 2.36. The number of nitrogens with one attached hydrogen (secondary N) is 1. The summed E-state index contributed by atoms with van der Waals surface area (Å²) in [5, 5.41) is 3.79. The van der Waals surface area contributed by atoms with Gasteiger partial charge in [0.05, 0.1) is 11.4 Å². The molecule has 4 rings (SSSR count). The van der Waals surface area contributed by atoms with Crippen LogP contribution in [-0.2, 0) is 9.59 Å². The van der Waals surface area contributed by atoms with Gasteiger partial charge in [0.1, 0.15) is 18.4 Å². The molecule has 0 fully saturated rings. The Hall–Kier alpha value is -3.22. The third-order valence-electron chi connectivity index (χ3n) is 6.45. The van der Waals surface area contributed by atoms with Gasteiger partial charge in [-0.3, -0.25) is 14.6 Å². The number of benzene rings is 3. The lowest BCUT2D eigenvalue weighted by atomic mass is 9.97. The SMILES string of the molecule is CC[C@@H](C)[C@H]1N=C(c2ccccc2F)c2cc(Cl)ccc2N(CC(=O)Nc2cccc(Cl)c2C)C1=O. The quantitative estimate of drug-likeness (QED) is 0.390. The lowest BCUT2D eigenvalue weighted by molar-refractivity contribution is -0.123. The fourth-order valence-corrected chi connectivity index (χ4v) is 4.52. The molecule has 1 aliphatic heterocycles. The third-order valence-corrected chi connectivity index (χ3v) is 7.09. The largest absolute Gasteiger partial charge is 0.324 e. The highest BCUT2D eigenvalue weighted by Crippen LogP contribution is 2.33. The molecule has 186 valence electrons. The van der Waals surface area contributed by atoms with Crippen molar-refractivity contribution in [1.29, 1.82) is 0 Å². The van der Waals surface area contributed by atoms with Crippen LogP contribution in [0.3, 0.4) is 0 Å². The summed E-state index contributed by atoms with van der Waals surface area (Å²) in [5.74, 6) is -1.34. The molecule has 0 saturated carbocycles. The zero-order valence-corrected chi connectivity index (χ0v) is 21.7. The van der Waals surface area contributed by atoms with Crippen molar-refractivity contribution < 1.29 is 14.0 Å². The average molecular weight is 526 g/mol. The molecule has 0 saturated heterocycles. The first kappa shape index (κ1) is 25.9. The van der Waals surface area contributed by atoms with Crippen molar-refractivity contribution in [2.24, 2.45) is 10.9 Å². The number of anilines is 2. The summed E-state index contributed by atoms with van der Waals surface area (Å²) >= 11 is 12.5. The maximum atomic E-state index is 14.9. The van der Waals surface area contributed by atoms with E-state index in [1.807, 2.05) is 13.8 Å². The van der Waals surface area contributed by atoms with Crippen LogP contribution < -0.4 is 10.2 Å². The van der Waals surface area contributed by atoms with Gasteiger partial charge in [0.2, 0.25) is 5.91 Å². The minimum atomic E-state index is -0.809. The van der Waals surface area contributed by atoms with Crippen molar-refractivity contribution in [1.82, 2.24) is 0 Å². The Balaban J connectivity index is 1.81. The van der Waals surface area contributed by atoms with E-state index in [1.54, 1.807) is 61.5 Å². The van der Waals surface area contributed by atoms with E-state index in [-0.39, 0.29) is 23.9 Å². The molecule has 0 aliphatic carbocycles. The summed E-state index contributed by atoms with van der Waals surface area (Å²) in [6, 6.07) is 15.7. The number of fused-ring (bicyclic) bond motifs is 1. The van der Waals surface area contributed by atoms with Crippen molar-refractivity contribution in [2.45, 2.75) is 33.2 Å². The van der Waals surface area contributed by atoms with E-state index >= 15 is 0 Å². The number of benzodiazepines with no additional fused rings is 1. The number of carbonyl (C=O) groups is 2. The van der Waals surface area contributed by atoms with Gasteiger partial charge in [-0.25, -0.2) is 4.39 Å². The van der Waals surface area contributed by atoms with Gasteiger partial charge in [-0.1, -0.05) is 61.7 Å². The molecule has 2 atom stereocenters. The third kappa shape index (κ3) is 5.15. The first-order valence-corrected chi connectivity index (χ1v) is 12.5. The Bertz CT molecular complexity index is 1360. The summed E-state index contributed by atoms with van der Waals surface area (Å²) in [7, 11) is 0. The second-order valence-corrected chi connectivity index (χ2v) is 9.68. The van der Waals surface area contributed by atoms with E-state index in [4.69, 9.17) is 28.2 Å². The normalized spacial score (nSPS) is 16.2. The van der Waals surface area contributed by atoms with Crippen LogP contribution in [0.25, 0.3) is 0 Å². The number of nitrogens with zero attached hydrogens (tertiary/aromatic N) is 2. The minimum absolute atomic E-state index is 0.148. The first-order chi connectivity index (χ1) is 17.2. The molecule has 0 aromatic heterocycles. The van der Waals surface area contributed by atoms with Crippen LogP contribution in [0.15, 0.2) is 65.7 Å². The number of amides is 2. The number of hydrogen-bond donors (Lipinski definition) is 1. The number of halogens is 3. The number of rotatable bonds is 6. The van der Waals surface area contributed by atoms with Gasteiger partial charge in [-0.2, -0.15) is 0 Å². The topological polar surface area (TPSA) is 61.8 Å². The second kappa shape index (κ2) is 10.8. The molecule has 0 bridgehead atoms. The van der Waals surface area contributed by atoms with Crippen molar-refractivity contribution in [2.75, 3.05) is 16.8 Å². The van der Waals surface area contributed by atoms with Gasteiger partial charge in [-0.05, 0) is 60.9 Å². The Labute approximate surface area is 219 Å². The fraction of sp³-hybridized carbons (Fsp3) is 0.250. The molecule has 1 aliphatic rings. The van der Waals surface area contributed by atoms with Crippen LogP contribution in [0.1, 0.15) is 37.0 Å². The number of hydrogen-bond acceptors (Lipinski definition) is 3. The van der Waals surface area contributed by atoms with Crippen LogP contribution >= 0.6 is 23.2 Å². The molecule has 1 heterocycles. The van der Waals surface area contributed by atoms with E-state index in [0.29, 0.717) is 39.1 Å². The van der Waals surface area contributed by atoms with Crippen LogP contribution in [0.4, 0.5) is 15.8 Å². The first-order valence-electron chi connectivity index (χ1n) is 11.7. The summed E-state index contributed by atoms with van der Waals surface area (Å²) in [4.78, 5) is 33.2. The fourth-order valence-electron chi connectivity index (χ4n) is 4.18. The predicted molar refractivity (Wildman–Crippen MR) is 144 cm³/mol. The van der Waals surface area contributed by atoms with E-state index in [9.17, 15) is 14.0 Å². The summed E-state index contributed by atoms with van der Waals surface area (Å²) < 4.78 is 14.9. The molecule has 0 radical (unpaired) electrons. The molecule has 3 aromatic rings. The van der Waals surface area contributed by atoms with Crippen LogP contribution in [-0.4, -0.2) is 30.1 Å².